The van der Waals surface area contributed by atoms with Crippen molar-refractivity contribution >= 4 is 69.6 Å². The van der Waals surface area contributed by atoms with E-state index in [0.29, 0.717) is 52.7 Å². The first-order valence-corrected chi connectivity index (χ1v) is 9.07. The third-order valence-corrected chi connectivity index (χ3v) is 5.02. The van der Waals surface area contributed by atoms with Gasteiger partial charge in [0, 0.05) is 33.3 Å². The number of rotatable bonds is 2. The first-order valence-electron chi connectivity index (χ1n) is 6.80. The van der Waals surface area contributed by atoms with Gasteiger partial charge in [-0.15, -0.1) is 0 Å². The van der Waals surface area contributed by atoms with Crippen molar-refractivity contribution in [3.8, 4) is 22.5 Å². The highest BCUT2D eigenvalue weighted by Gasteiger charge is 2.16. The Labute approximate surface area is 173 Å². The molecule has 0 spiro atoms. The molecule has 0 aliphatic rings. The minimum Gasteiger partial charge on any atom is -0.354 e. The van der Waals surface area contributed by atoms with Crippen LogP contribution >= 0.6 is 69.6 Å². The molecular formula is C17H7Cl6NO. The summed E-state index contributed by atoms with van der Waals surface area (Å²) in [5.41, 5.74) is 1.46. The maximum Gasteiger partial charge on any atom is 0.182 e. The van der Waals surface area contributed by atoms with Gasteiger partial charge in [0.25, 0.3) is 0 Å². The molecule has 0 aliphatic carbocycles. The van der Waals surface area contributed by atoms with Crippen LogP contribution < -0.4 is 5.43 Å². The molecule has 8 heteroatoms. The van der Waals surface area contributed by atoms with Crippen LogP contribution in [0.1, 0.15) is 0 Å². The van der Waals surface area contributed by atoms with Gasteiger partial charge in [-0.05, 0) is 24.3 Å². The van der Waals surface area contributed by atoms with Crippen molar-refractivity contribution in [2.24, 2.45) is 0 Å². The molecule has 0 radical (unpaired) electrons. The van der Waals surface area contributed by atoms with Gasteiger partial charge in [-0.2, -0.15) is 0 Å². The number of H-pyrrole nitrogens is 1. The lowest BCUT2D eigenvalue weighted by molar-refractivity contribution is 1.30. The van der Waals surface area contributed by atoms with Crippen LogP contribution in [0, 0.1) is 0 Å². The summed E-state index contributed by atoms with van der Waals surface area (Å²) in [5.74, 6) is 0. The van der Waals surface area contributed by atoms with Gasteiger partial charge in [0.15, 0.2) is 5.43 Å². The summed E-state index contributed by atoms with van der Waals surface area (Å²) in [6.45, 7) is 0. The summed E-state index contributed by atoms with van der Waals surface area (Å²) in [5, 5.41) is 2.00. The second-order valence-electron chi connectivity index (χ2n) is 5.13. The van der Waals surface area contributed by atoms with Gasteiger partial charge in [-0.25, -0.2) is 0 Å². The fourth-order valence-corrected chi connectivity index (χ4v) is 4.45. The predicted molar refractivity (Wildman–Crippen MR) is 108 cm³/mol. The van der Waals surface area contributed by atoms with E-state index in [1.165, 1.54) is 36.4 Å². The summed E-state index contributed by atoms with van der Waals surface area (Å²) >= 11 is 36.8. The number of hydrogen-bond donors (Lipinski definition) is 1. The average molecular weight is 454 g/mol. The molecule has 1 aromatic heterocycles. The van der Waals surface area contributed by atoms with Crippen LogP contribution in [0.25, 0.3) is 22.5 Å². The summed E-state index contributed by atoms with van der Waals surface area (Å²) in [7, 11) is 0. The first kappa shape index (κ1) is 18.9. The number of aromatic nitrogens is 1. The maximum atomic E-state index is 12.2. The van der Waals surface area contributed by atoms with Crippen molar-refractivity contribution in [2.75, 3.05) is 0 Å². The van der Waals surface area contributed by atoms with Crippen molar-refractivity contribution in [3.63, 3.8) is 0 Å². The van der Waals surface area contributed by atoms with Crippen molar-refractivity contribution in [2.45, 2.75) is 0 Å². The Morgan fingerprint density at radius 3 is 1.20 bits per heavy atom. The molecule has 0 bridgehead atoms. The zero-order chi connectivity index (χ0) is 18.3. The monoisotopic (exact) mass is 451 g/mol. The summed E-state index contributed by atoms with van der Waals surface area (Å²) in [4.78, 5) is 15.3. The zero-order valence-electron chi connectivity index (χ0n) is 12.1. The van der Waals surface area contributed by atoms with Crippen molar-refractivity contribution in [1.82, 2.24) is 4.98 Å². The second-order valence-corrected chi connectivity index (χ2v) is 7.63. The Hall–Kier alpha value is -0.870. The molecule has 0 unspecified atom stereocenters. The molecule has 2 aromatic carbocycles. The Bertz CT molecular complexity index is 919. The third kappa shape index (κ3) is 3.95. The molecule has 0 amide bonds. The lowest BCUT2D eigenvalue weighted by atomic mass is 10.1. The minimum atomic E-state index is -0.270. The van der Waals surface area contributed by atoms with Gasteiger partial charge >= 0.3 is 0 Å². The van der Waals surface area contributed by atoms with Gasteiger partial charge in [-0.1, -0.05) is 69.6 Å². The quantitative estimate of drug-likeness (QED) is 0.425. The van der Waals surface area contributed by atoms with Gasteiger partial charge in [0.05, 0.1) is 31.5 Å². The van der Waals surface area contributed by atoms with E-state index in [4.69, 9.17) is 69.6 Å². The predicted octanol–water partition coefficient (Wildman–Crippen LogP) is 7.63. The molecule has 3 rings (SSSR count). The second kappa shape index (κ2) is 7.40. The number of pyridine rings is 1. The van der Waals surface area contributed by atoms with Crippen LogP contribution in [0.15, 0.2) is 41.2 Å². The summed E-state index contributed by atoms with van der Waals surface area (Å²) in [6, 6.07) is 8.91. The van der Waals surface area contributed by atoms with Gasteiger partial charge < -0.3 is 4.98 Å². The SMILES string of the molecule is O=c1cc(-c2c(Cl)cc(Cl)cc2Cl)[nH]c(-c2c(Cl)cc(Cl)cc2Cl)c1. The van der Waals surface area contributed by atoms with E-state index < -0.39 is 0 Å². The van der Waals surface area contributed by atoms with Gasteiger partial charge in [-0.3, -0.25) is 4.79 Å². The highest BCUT2D eigenvalue weighted by atomic mass is 35.5. The third-order valence-electron chi connectivity index (χ3n) is 3.39. The molecule has 128 valence electrons. The Balaban J connectivity index is 2.27. The van der Waals surface area contributed by atoms with Crippen LogP contribution in [0.3, 0.4) is 0 Å². The molecule has 0 saturated carbocycles. The highest BCUT2D eigenvalue weighted by Crippen LogP contribution is 2.39. The smallest absolute Gasteiger partial charge is 0.182 e. The van der Waals surface area contributed by atoms with Crippen molar-refractivity contribution < 1.29 is 0 Å². The topological polar surface area (TPSA) is 32.9 Å². The van der Waals surface area contributed by atoms with Crippen molar-refractivity contribution in [1.29, 1.82) is 0 Å². The first-order chi connectivity index (χ1) is 11.8. The van der Waals surface area contributed by atoms with Crippen LogP contribution in [0.5, 0.6) is 0 Å². The Kier molecular flexibility index (Phi) is 5.60. The molecule has 0 fully saturated rings. The maximum absolute atomic E-state index is 12.2. The minimum absolute atomic E-state index is 0.270. The lowest BCUT2D eigenvalue weighted by Crippen LogP contribution is -2.03. The summed E-state index contributed by atoms with van der Waals surface area (Å²) < 4.78 is 0. The van der Waals surface area contributed by atoms with Crippen LogP contribution in [0.4, 0.5) is 0 Å². The van der Waals surface area contributed by atoms with Crippen LogP contribution in [-0.4, -0.2) is 4.98 Å². The van der Waals surface area contributed by atoms with E-state index in [1.807, 2.05) is 0 Å². The number of hydrogen-bond acceptors (Lipinski definition) is 1. The van der Waals surface area contributed by atoms with Gasteiger partial charge in [0.1, 0.15) is 0 Å². The fourth-order valence-electron chi connectivity index (χ4n) is 2.41. The van der Waals surface area contributed by atoms with E-state index in [0.717, 1.165) is 0 Å². The number of halogens is 6. The zero-order valence-corrected chi connectivity index (χ0v) is 16.7. The Morgan fingerprint density at radius 2 is 0.880 bits per heavy atom. The lowest BCUT2D eigenvalue weighted by Gasteiger charge is -2.12. The standard InChI is InChI=1S/C17H7Cl6NO/c18-7-1-10(20)16(11(21)2-7)14-5-9(25)6-15(24-14)17-12(22)3-8(19)4-13(17)23/h1-6H,(H,24,25). The molecule has 3 aromatic rings. The van der Waals surface area contributed by atoms with Crippen LogP contribution in [0.2, 0.25) is 30.1 Å². The summed E-state index contributed by atoms with van der Waals surface area (Å²) in [6.07, 6.45) is 0. The molecule has 1 N–H and O–H groups in total. The number of nitrogens with one attached hydrogen (secondary N) is 1. The number of benzene rings is 2. The molecule has 0 saturated heterocycles. The molecule has 0 atom stereocenters. The van der Waals surface area contributed by atoms with Gasteiger partial charge in [0.2, 0.25) is 0 Å². The van der Waals surface area contributed by atoms with Crippen LogP contribution in [-0.2, 0) is 0 Å². The largest absolute Gasteiger partial charge is 0.354 e. The van der Waals surface area contributed by atoms with E-state index in [9.17, 15) is 4.79 Å². The molecule has 0 aliphatic heterocycles. The fraction of sp³-hybridized carbons (Fsp3) is 0. The average Bonchev–Trinajstić information content (AvgIpc) is 2.44. The molecule has 1 heterocycles. The van der Waals surface area contributed by atoms with E-state index in [2.05, 4.69) is 4.98 Å². The molecule has 25 heavy (non-hydrogen) atoms. The Morgan fingerprint density at radius 1 is 0.560 bits per heavy atom. The molecule has 2 nitrogen and oxygen atoms in total. The van der Waals surface area contributed by atoms with E-state index in [1.54, 1.807) is 0 Å². The molecular weight excluding hydrogens is 447 g/mol. The van der Waals surface area contributed by atoms with Crippen molar-refractivity contribution in [3.05, 3.63) is 76.8 Å². The number of aromatic amines is 1. The van der Waals surface area contributed by atoms with E-state index >= 15 is 0 Å². The normalized spacial score (nSPS) is 11.0. The van der Waals surface area contributed by atoms with E-state index in [-0.39, 0.29) is 5.43 Å². The highest BCUT2D eigenvalue weighted by molar-refractivity contribution is 6.42.